The summed E-state index contributed by atoms with van der Waals surface area (Å²) in [4.78, 5) is 33.5. The number of likely N-dealkylation sites (tertiary alicyclic amines) is 1. The molecule has 1 aromatic carbocycles. The lowest BCUT2D eigenvalue weighted by Gasteiger charge is -2.33. The first kappa shape index (κ1) is 26.7. The Morgan fingerprint density at radius 3 is 2.69 bits per heavy atom. The number of rotatable bonds is 5. The minimum atomic E-state index is -4.71. The highest BCUT2D eigenvalue weighted by Crippen LogP contribution is 2.40. The van der Waals surface area contributed by atoms with Crippen LogP contribution in [0.15, 0.2) is 36.5 Å². The largest absolute Gasteiger partial charge is 0.413 e. The first-order chi connectivity index (χ1) is 18.6. The Balaban J connectivity index is 1.38. The molecule has 2 atom stereocenters. The van der Waals surface area contributed by atoms with E-state index in [0.29, 0.717) is 23.0 Å². The van der Waals surface area contributed by atoms with E-state index < -0.39 is 30.0 Å². The molecule has 1 saturated heterocycles. The Kier molecular flexibility index (Phi) is 7.11. The van der Waals surface area contributed by atoms with Crippen molar-refractivity contribution < 1.29 is 22.8 Å². The van der Waals surface area contributed by atoms with Crippen LogP contribution in [0.2, 0.25) is 5.15 Å². The van der Waals surface area contributed by atoms with Crippen molar-refractivity contribution in [2.24, 2.45) is 5.92 Å². The molecule has 4 heterocycles. The van der Waals surface area contributed by atoms with Crippen LogP contribution >= 0.6 is 11.6 Å². The van der Waals surface area contributed by atoms with Crippen LogP contribution in [0.5, 0.6) is 0 Å². The highest BCUT2D eigenvalue weighted by Gasteiger charge is 2.47. The van der Waals surface area contributed by atoms with Gasteiger partial charge in [0, 0.05) is 38.4 Å². The van der Waals surface area contributed by atoms with E-state index in [1.807, 2.05) is 4.90 Å². The molecule has 5 rings (SSSR count). The van der Waals surface area contributed by atoms with E-state index >= 15 is 0 Å². The molecule has 0 saturated carbocycles. The van der Waals surface area contributed by atoms with E-state index in [1.54, 1.807) is 35.0 Å². The number of benzene rings is 1. The van der Waals surface area contributed by atoms with Crippen molar-refractivity contribution in [2.45, 2.75) is 37.9 Å². The number of nitrogens with zero attached hydrogens (tertiary/aromatic N) is 7. The minimum Gasteiger partial charge on any atom is -0.341 e. The Hall–Kier alpha value is -3.85. The number of aromatic nitrogens is 3. The fourth-order valence-electron chi connectivity index (χ4n) is 5.45. The molecule has 0 unspecified atom stereocenters. The summed E-state index contributed by atoms with van der Waals surface area (Å²) in [7, 11) is 1.14. The van der Waals surface area contributed by atoms with Gasteiger partial charge in [-0.2, -0.15) is 23.5 Å². The van der Waals surface area contributed by atoms with Gasteiger partial charge in [0.1, 0.15) is 6.42 Å². The van der Waals surface area contributed by atoms with Gasteiger partial charge in [-0.05, 0) is 37.0 Å². The molecule has 2 amide bonds. The summed E-state index contributed by atoms with van der Waals surface area (Å²) in [5.74, 6) is -1.87. The van der Waals surface area contributed by atoms with Crippen LogP contribution in [0.1, 0.15) is 36.6 Å². The lowest BCUT2D eigenvalue weighted by atomic mass is 10.0. The fourth-order valence-corrected chi connectivity index (χ4v) is 5.62. The number of fused-ring (bicyclic) bond motifs is 3. The van der Waals surface area contributed by atoms with Crippen molar-refractivity contribution in [3.63, 3.8) is 0 Å². The van der Waals surface area contributed by atoms with Gasteiger partial charge in [0.2, 0.25) is 11.8 Å². The van der Waals surface area contributed by atoms with Crippen LogP contribution in [0.3, 0.4) is 0 Å². The average Bonchev–Trinajstić information content (AvgIpc) is 3.54. The Morgan fingerprint density at radius 1 is 1.26 bits per heavy atom. The Bertz CT molecular complexity index is 1450. The lowest BCUT2D eigenvalue weighted by Crippen LogP contribution is -2.43. The molecule has 39 heavy (non-hydrogen) atoms. The molecule has 2 aromatic heterocycles. The van der Waals surface area contributed by atoms with Crippen LogP contribution in [-0.4, -0.2) is 69.1 Å². The van der Waals surface area contributed by atoms with E-state index in [0.717, 1.165) is 36.2 Å². The molecule has 13 heteroatoms. The zero-order chi connectivity index (χ0) is 27.9. The number of halogens is 4. The summed E-state index contributed by atoms with van der Waals surface area (Å²) in [6.07, 6.45) is -1.51. The predicted octanol–water partition coefficient (Wildman–Crippen LogP) is 4.29. The van der Waals surface area contributed by atoms with Crippen molar-refractivity contribution in [1.29, 1.82) is 5.26 Å². The van der Waals surface area contributed by atoms with Crippen molar-refractivity contribution in [3.05, 3.63) is 52.9 Å². The topological polar surface area (TPSA) is 97.8 Å². The van der Waals surface area contributed by atoms with Crippen molar-refractivity contribution in [1.82, 2.24) is 24.4 Å². The third-order valence-electron chi connectivity index (χ3n) is 7.30. The standard InChI is InChI=1S/C26H25ClF3N7O2/c1-34(25(39)17-9-12-35(15-17)23(38)8-10-31)24(26(28,29)30)16-4-6-18(7-5-16)36-11-2-3-19-20(36)14-32-22-13-21(27)33-37(19)22/h4-7,13-14,17,24H,2-3,8-9,11-12,15H2,1H3/t17-,24-/m0/s1. The highest BCUT2D eigenvalue weighted by molar-refractivity contribution is 6.29. The number of hydrogen-bond acceptors (Lipinski definition) is 6. The third-order valence-corrected chi connectivity index (χ3v) is 7.49. The molecule has 9 nitrogen and oxygen atoms in total. The molecule has 3 aromatic rings. The van der Waals surface area contributed by atoms with Crippen LogP contribution in [0.4, 0.5) is 24.5 Å². The summed E-state index contributed by atoms with van der Waals surface area (Å²) in [6.45, 7) is 0.891. The molecule has 204 valence electrons. The zero-order valence-corrected chi connectivity index (χ0v) is 21.8. The van der Waals surface area contributed by atoms with E-state index in [2.05, 4.69) is 10.1 Å². The van der Waals surface area contributed by atoms with Gasteiger partial charge in [0.15, 0.2) is 16.8 Å². The third kappa shape index (κ3) is 5.11. The Morgan fingerprint density at radius 2 is 2.00 bits per heavy atom. The van der Waals surface area contributed by atoms with Crippen molar-refractivity contribution in [2.75, 3.05) is 31.6 Å². The summed E-state index contributed by atoms with van der Waals surface area (Å²) >= 11 is 6.05. The van der Waals surface area contributed by atoms with E-state index in [-0.39, 0.29) is 31.5 Å². The smallest absolute Gasteiger partial charge is 0.341 e. The second kappa shape index (κ2) is 10.4. The van der Waals surface area contributed by atoms with Gasteiger partial charge in [-0.15, -0.1) is 0 Å². The zero-order valence-electron chi connectivity index (χ0n) is 21.0. The normalized spacial score (nSPS) is 18.1. The number of carbonyl (C=O) groups excluding carboxylic acids is 2. The monoisotopic (exact) mass is 559 g/mol. The fraction of sp³-hybridized carbons (Fsp3) is 0.423. The molecule has 1 fully saturated rings. The van der Waals surface area contributed by atoms with Gasteiger partial charge in [0.25, 0.3) is 0 Å². The van der Waals surface area contributed by atoms with E-state index in [4.69, 9.17) is 16.9 Å². The number of aryl methyl sites for hydroxylation is 1. The molecule has 0 spiro atoms. The van der Waals surface area contributed by atoms with Gasteiger partial charge >= 0.3 is 6.18 Å². The molecular formula is C26H25ClF3N7O2. The van der Waals surface area contributed by atoms with Gasteiger partial charge in [-0.25, -0.2) is 9.50 Å². The second-order valence-electron chi connectivity index (χ2n) is 9.73. The van der Waals surface area contributed by atoms with E-state index in [9.17, 15) is 22.8 Å². The summed E-state index contributed by atoms with van der Waals surface area (Å²) < 4.78 is 44.5. The molecule has 0 radical (unpaired) electrons. The molecule has 0 N–H and O–H groups in total. The van der Waals surface area contributed by atoms with Gasteiger partial charge < -0.3 is 14.7 Å². The molecule has 2 aliphatic rings. The number of carbonyl (C=O) groups is 2. The highest BCUT2D eigenvalue weighted by atomic mass is 35.5. The van der Waals surface area contributed by atoms with Crippen molar-refractivity contribution in [3.8, 4) is 6.07 Å². The maximum atomic E-state index is 14.3. The number of nitriles is 1. The number of anilines is 2. The summed E-state index contributed by atoms with van der Waals surface area (Å²) in [5.41, 5.74) is 2.97. The van der Waals surface area contributed by atoms with Crippen molar-refractivity contribution >= 4 is 40.4 Å². The second-order valence-corrected chi connectivity index (χ2v) is 10.1. The predicted molar refractivity (Wildman–Crippen MR) is 136 cm³/mol. The first-order valence-electron chi connectivity index (χ1n) is 12.5. The number of alkyl halides is 3. The molecular weight excluding hydrogens is 535 g/mol. The van der Waals surface area contributed by atoms with Gasteiger partial charge in [-0.3, -0.25) is 9.59 Å². The molecule has 0 bridgehead atoms. The summed E-state index contributed by atoms with van der Waals surface area (Å²) in [6, 6.07) is 7.28. The SMILES string of the molecule is CN(C(=O)[C@H]1CCN(C(=O)CC#N)C1)[C@@H](c1ccc(N2CCCc3c2cnc2cc(Cl)nn32)cc1)C(F)(F)F. The molecule has 0 aliphatic carbocycles. The van der Waals surface area contributed by atoms with Crippen LogP contribution in [-0.2, 0) is 16.0 Å². The lowest BCUT2D eigenvalue weighted by molar-refractivity contribution is -0.190. The molecule has 2 aliphatic heterocycles. The quantitative estimate of drug-likeness (QED) is 0.462. The first-order valence-corrected chi connectivity index (χ1v) is 12.8. The number of hydrogen-bond donors (Lipinski definition) is 0. The summed E-state index contributed by atoms with van der Waals surface area (Å²) in [5, 5.41) is 13.4. The minimum absolute atomic E-state index is 0.00430. The van der Waals surface area contributed by atoms with E-state index in [1.165, 1.54) is 17.0 Å². The number of amides is 2. The van der Waals surface area contributed by atoms with Crippen LogP contribution in [0.25, 0.3) is 5.65 Å². The average molecular weight is 560 g/mol. The maximum absolute atomic E-state index is 14.3. The Labute approximate surface area is 227 Å². The van der Waals surface area contributed by atoms with Gasteiger partial charge in [-0.1, -0.05) is 23.7 Å². The van der Waals surface area contributed by atoms with Crippen LogP contribution < -0.4 is 4.90 Å². The van der Waals surface area contributed by atoms with Crippen LogP contribution in [0, 0.1) is 17.2 Å². The maximum Gasteiger partial charge on any atom is 0.413 e. The van der Waals surface area contributed by atoms with Gasteiger partial charge in [0.05, 0.1) is 29.6 Å².